The summed E-state index contributed by atoms with van der Waals surface area (Å²) >= 11 is 0. The van der Waals surface area contributed by atoms with Crippen LogP contribution in [0.5, 0.6) is 0 Å². The van der Waals surface area contributed by atoms with Crippen molar-refractivity contribution in [3.8, 4) is 0 Å². The Labute approximate surface area is 263 Å². The van der Waals surface area contributed by atoms with Crippen LogP contribution in [0.4, 0.5) is 0 Å². The van der Waals surface area contributed by atoms with Gasteiger partial charge in [0.15, 0.2) is 0 Å². The van der Waals surface area contributed by atoms with Crippen LogP contribution in [0.2, 0.25) is 0 Å². The molecule has 0 aromatic carbocycles. The third-order valence-corrected chi connectivity index (χ3v) is 8.49. The third kappa shape index (κ3) is 19.1. The van der Waals surface area contributed by atoms with Gasteiger partial charge in [-0.25, -0.2) is 0 Å². The minimum Gasteiger partial charge on any atom is -0.778 e. The van der Waals surface area contributed by atoms with Crippen LogP contribution in [0.3, 0.4) is 0 Å². The van der Waals surface area contributed by atoms with Gasteiger partial charge in [-0.05, 0) is 20.8 Å². The largest absolute Gasteiger partial charge is 1.00 e. The van der Waals surface area contributed by atoms with Crippen LogP contribution in [0.1, 0.15) is 20.8 Å². The van der Waals surface area contributed by atoms with Gasteiger partial charge in [-0.2, -0.15) is 0 Å². The Balaban J connectivity index is -0.00000300. The maximum absolute atomic E-state index is 12.1. The average molecular weight is 561 g/mol. The van der Waals surface area contributed by atoms with Gasteiger partial charge in [-0.3, -0.25) is 14.7 Å². The quantitative estimate of drug-likeness (QED) is 0.164. The Hall–Kier alpha value is 3.33. The first-order valence-corrected chi connectivity index (χ1v) is 15.1. The first kappa shape index (κ1) is 40.8. The van der Waals surface area contributed by atoms with Crippen LogP contribution in [0, 0.1) is 0 Å². The first-order valence-electron chi connectivity index (χ1n) is 9.93. The molecular formula is C15H33N3Na3O9P3. The fraction of sp³-hybridized carbons (Fsp3) is 1.00. The molecule has 0 radical (unpaired) electrons. The molecule has 0 aromatic rings. The van der Waals surface area contributed by atoms with Crippen LogP contribution < -0.4 is 103 Å². The van der Waals surface area contributed by atoms with Crippen LogP contribution in [0.15, 0.2) is 0 Å². The van der Waals surface area contributed by atoms with Crippen LogP contribution in [0.25, 0.3) is 0 Å². The molecule has 0 amide bonds. The van der Waals surface area contributed by atoms with Crippen LogP contribution >= 0.6 is 22.8 Å². The second-order valence-electron chi connectivity index (χ2n) is 6.86. The average Bonchev–Trinajstić information content (AvgIpc) is 2.67. The molecule has 0 saturated carbocycles. The second-order valence-corrected chi connectivity index (χ2v) is 12.2. The van der Waals surface area contributed by atoms with E-state index in [1.165, 1.54) is 0 Å². The molecule has 180 valence electrons. The van der Waals surface area contributed by atoms with Gasteiger partial charge >= 0.3 is 88.7 Å². The Morgan fingerprint density at radius 2 is 0.727 bits per heavy atom. The number of rotatable bonds is 12. The third-order valence-electron chi connectivity index (χ3n) is 4.29. The summed E-state index contributed by atoms with van der Waals surface area (Å²) in [6.07, 6.45) is -1.03. The molecule has 1 saturated heterocycles. The second kappa shape index (κ2) is 20.3. The summed E-state index contributed by atoms with van der Waals surface area (Å²) in [7, 11) is -12.3. The standard InChI is InChI=1S/C15H36N3O9P3.3Na/c1-4-25-28(19,20)13-16-7-9-17(14-29(21,22)26-5-2)11-12-18(10-8-16)15-30(23,24)27-6-3;;;/h4-15H2,1-3H3,(H,19,20)(H,21,22)(H,23,24);;;/q;3*+1/p-3. The topological polar surface area (TPSA) is 158 Å². The van der Waals surface area contributed by atoms with E-state index >= 15 is 0 Å². The predicted octanol–water partition coefficient (Wildman–Crippen LogP) is -9.44. The van der Waals surface area contributed by atoms with Crippen molar-refractivity contribution in [3.63, 3.8) is 0 Å². The summed E-state index contributed by atoms with van der Waals surface area (Å²) < 4.78 is 50.7. The van der Waals surface area contributed by atoms with Gasteiger partial charge in [-0.15, -0.1) is 0 Å². The van der Waals surface area contributed by atoms with E-state index in [0.29, 0.717) is 0 Å². The molecule has 33 heavy (non-hydrogen) atoms. The zero-order valence-electron chi connectivity index (χ0n) is 20.8. The van der Waals surface area contributed by atoms with Gasteiger partial charge in [0.25, 0.3) is 0 Å². The maximum Gasteiger partial charge on any atom is 1.00 e. The molecule has 0 aromatic heterocycles. The van der Waals surface area contributed by atoms with E-state index in [-0.39, 0.29) is 167 Å². The summed E-state index contributed by atoms with van der Waals surface area (Å²) in [5, 5.41) is 0. The van der Waals surface area contributed by atoms with Crippen LogP contribution in [-0.4, -0.2) is 92.6 Å². The van der Waals surface area contributed by atoms with E-state index in [9.17, 15) is 28.4 Å². The van der Waals surface area contributed by atoms with Crippen molar-refractivity contribution in [2.24, 2.45) is 0 Å². The summed E-state index contributed by atoms with van der Waals surface area (Å²) in [6.45, 7) is 6.46. The molecule has 1 rings (SSSR count). The maximum atomic E-state index is 12.1. The normalized spacial score (nSPS) is 22.0. The van der Waals surface area contributed by atoms with Crippen molar-refractivity contribution < 1.29 is 131 Å². The van der Waals surface area contributed by atoms with Crippen LogP contribution in [-0.2, 0) is 27.3 Å². The molecule has 12 nitrogen and oxygen atoms in total. The van der Waals surface area contributed by atoms with Gasteiger partial charge in [0.05, 0.1) is 38.7 Å². The van der Waals surface area contributed by atoms with E-state index in [1.807, 2.05) is 0 Å². The fourth-order valence-electron chi connectivity index (χ4n) is 3.06. The smallest absolute Gasteiger partial charge is 0.778 e. The molecule has 1 fully saturated rings. The van der Waals surface area contributed by atoms with Crippen molar-refractivity contribution in [2.75, 3.05) is 77.9 Å². The van der Waals surface area contributed by atoms with Crippen molar-refractivity contribution in [2.45, 2.75) is 20.8 Å². The zero-order chi connectivity index (χ0) is 22.8. The summed E-state index contributed by atoms with van der Waals surface area (Å²) in [5.41, 5.74) is 0. The molecule has 3 unspecified atom stereocenters. The molecule has 0 aliphatic carbocycles. The van der Waals surface area contributed by atoms with Gasteiger partial charge in [-0.1, -0.05) is 0 Å². The van der Waals surface area contributed by atoms with E-state index in [2.05, 4.69) is 0 Å². The monoisotopic (exact) mass is 561 g/mol. The Morgan fingerprint density at radius 1 is 0.545 bits per heavy atom. The zero-order valence-corrected chi connectivity index (χ0v) is 29.5. The molecule has 1 heterocycles. The van der Waals surface area contributed by atoms with Crippen molar-refractivity contribution >= 4 is 22.8 Å². The minimum absolute atomic E-state index is 0. The minimum atomic E-state index is -4.09. The molecule has 0 bridgehead atoms. The number of hydrogen-bond acceptors (Lipinski definition) is 12. The van der Waals surface area contributed by atoms with E-state index in [0.717, 1.165) is 0 Å². The molecule has 0 spiro atoms. The summed E-state index contributed by atoms with van der Waals surface area (Å²) in [4.78, 5) is 41.1. The number of hydrogen-bond donors (Lipinski definition) is 0. The van der Waals surface area contributed by atoms with Gasteiger partial charge in [0.2, 0.25) is 0 Å². The van der Waals surface area contributed by atoms with Crippen molar-refractivity contribution in [1.29, 1.82) is 0 Å². The van der Waals surface area contributed by atoms with Crippen molar-refractivity contribution in [1.82, 2.24) is 14.7 Å². The predicted molar refractivity (Wildman–Crippen MR) is 107 cm³/mol. The molecule has 0 N–H and O–H groups in total. The van der Waals surface area contributed by atoms with Gasteiger partial charge < -0.3 is 41.9 Å². The summed E-state index contributed by atoms with van der Waals surface area (Å²) in [6, 6.07) is 0. The molecule has 1 aliphatic rings. The SMILES string of the molecule is CCOP(=O)([O-])CN1CCN(CP(=O)([O-])OCC)CCN(CP(=O)([O-])OCC)CC1.[Na+].[Na+].[Na+]. The van der Waals surface area contributed by atoms with E-state index in [1.54, 1.807) is 35.5 Å². The Morgan fingerprint density at radius 3 is 0.879 bits per heavy atom. The van der Waals surface area contributed by atoms with E-state index in [4.69, 9.17) is 13.6 Å². The number of nitrogens with zero attached hydrogens (tertiary/aromatic N) is 3. The summed E-state index contributed by atoms with van der Waals surface area (Å²) in [5.74, 6) is 0. The molecule has 18 heteroatoms. The Bertz CT molecular complexity index is 571. The molecular weight excluding hydrogens is 528 g/mol. The first-order chi connectivity index (χ1) is 13.9. The van der Waals surface area contributed by atoms with E-state index < -0.39 is 22.8 Å². The molecule has 1 aliphatic heterocycles. The van der Waals surface area contributed by atoms with Gasteiger partial charge in [0, 0.05) is 39.3 Å². The van der Waals surface area contributed by atoms with Gasteiger partial charge in [0.1, 0.15) is 22.8 Å². The molecule has 3 atom stereocenters. The fourth-order valence-corrected chi connectivity index (χ4v) is 6.80. The van der Waals surface area contributed by atoms with Crippen molar-refractivity contribution in [3.05, 3.63) is 0 Å². The Kier molecular flexibility index (Phi) is 25.1.